The normalized spacial score (nSPS) is 11.7. The maximum atomic E-state index is 13.3. The van der Waals surface area contributed by atoms with E-state index in [1.54, 1.807) is 31.2 Å². The number of hydrogen-bond donors (Lipinski definition) is 2. The van der Waals surface area contributed by atoms with Gasteiger partial charge in [-0.25, -0.2) is 0 Å². The van der Waals surface area contributed by atoms with E-state index in [0.717, 1.165) is 21.3 Å². The number of carbonyl (C=O) groups is 2. The number of rotatable bonds is 8. The molecule has 0 unspecified atom stereocenters. The zero-order valence-corrected chi connectivity index (χ0v) is 19.8. The maximum absolute atomic E-state index is 13.3. The number of methoxy groups -OCH3 is 1. The second kappa shape index (κ2) is 10.9. The van der Waals surface area contributed by atoms with Crippen molar-refractivity contribution in [2.75, 3.05) is 31.3 Å². The van der Waals surface area contributed by atoms with Gasteiger partial charge in [0.25, 0.3) is 0 Å². The standard InChI is InChI=1S/C25H26BrN3O3/c1-17-14-19(26)12-13-22(17)28-23(30)16-29(2)24(18-8-5-4-6-9-18)25(31)27-20-10-7-11-21(15-20)32-3/h4-15,24H,16H2,1-3H3,(H,27,31)(H,28,30)/t24-/m1/s1. The first kappa shape index (κ1) is 23.5. The molecule has 3 aromatic rings. The number of ether oxygens (including phenoxy) is 1. The summed E-state index contributed by atoms with van der Waals surface area (Å²) < 4.78 is 6.19. The summed E-state index contributed by atoms with van der Waals surface area (Å²) in [5.74, 6) is 0.212. The summed E-state index contributed by atoms with van der Waals surface area (Å²) in [6, 6.07) is 21.6. The molecule has 7 heteroatoms. The van der Waals surface area contributed by atoms with E-state index in [1.807, 2.05) is 67.6 Å². The highest BCUT2D eigenvalue weighted by molar-refractivity contribution is 9.10. The van der Waals surface area contributed by atoms with E-state index in [-0.39, 0.29) is 18.4 Å². The first-order chi connectivity index (χ1) is 15.4. The van der Waals surface area contributed by atoms with Crippen LogP contribution in [0.25, 0.3) is 0 Å². The molecule has 166 valence electrons. The SMILES string of the molecule is COc1cccc(NC(=O)[C@@H](c2ccccc2)N(C)CC(=O)Nc2ccc(Br)cc2C)c1. The zero-order chi connectivity index (χ0) is 23.1. The predicted molar refractivity (Wildman–Crippen MR) is 131 cm³/mol. The van der Waals surface area contributed by atoms with Gasteiger partial charge >= 0.3 is 0 Å². The summed E-state index contributed by atoms with van der Waals surface area (Å²) in [6.07, 6.45) is 0. The van der Waals surface area contributed by atoms with Crippen molar-refractivity contribution in [3.63, 3.8) is 0 Å². The van der Waals surface area contributed by atoms with Gasteiger partial charge < -0.3 is 15.4 Å². The summed E-state index contributed by atoms with van der Waals surface area (Å²) in [5.41, 5.74) is 3.11. The monoisotopic (exact) mass is 495 g/mol. The van der Waals surface area contributed by atoms with Crippen molar-refractivity contribution in [2.45, 2.75) is 13.0 Å². The van der Waals surface area contributed by atoms with Crippen LogP contribution >= 0.6 is 15.9 Å². The van der Waals surface area contributed by atoms with Crippen molar-refractivity contribution in [1.29, 1.82) is 0 Å². The van der Waals surface area contributed by atoms with Crippen LogP contribution in [0.15, 0.2) is 77.3 Å². The first-order valence-corrected chi connectivity index (χ1v) is 10.9. The number of nitrogens with zero attached hydrogens (tertiary/aromatic N) is 1. The Bertz CT molecular complexity index is 1090. The van der Waals surface area contributed by atoms with Gasteiger partial charge in [-0.2, -0.15) is 0 Å². The lowest BCUT2D eigenvalue weighted by molar-refractivity contribution is -0.123. The molecule has 0 aromatic heterocycles. The fraction of sp³-hybridized carbons (Fsp3) is 0.200. The van der Waals surface area contributed by atoms with Crippen LogP contribution in [-0.2, 0) is 9.59 Å². The highest BCUT2D eigenvalue weighted by Crippen LogP contribution is 2.24. The van der Waals surface area contributed by atoms with Gasteiger partial charge in [-0.15, -0.1) is 0 Å². The molecule has 0 radical (unpaired) electrons. The summed E-state index contributed by atoms with van der Waals surface area (Å²) in [5, 5.41) is 5.87. The molecule has 0 aliphatic rings. The van der Waals surface area contributed by atoms with Gasteiger partial charge in [0.05, 0.1) is 13.7 Å². The third kappa shape index (κ3) is 6.18. The first-order valence-electron chi connectivity index (χ1n) is 10.1. The Hall–Kier alpha value is -3.16. The smallest absolute Gasteiger partial charge is 0.246 e. The predicted octanol–water partition coefficient (Wildman–Crippen LogP) is 5.02. The number of benzene rings is 3. The molecule has 0 bridgehead atoms. The number of aryl methyl sites for hydroxylation is 1. The highest BCUT2D eigenvalue weighted by atomic mass is 79.9. The highest BCUT2D eigenvalue weighted by Gasteiger charge is 2.27. The number of amides is 2. The molecule has 0 saturated heterocycles. The van der Waals surface area contributed by atoms with Crippen molar-refractivity contribution in [3.8, 4) is 5.75 Å². The number of halogens is 1. The zero-order valence-electron chi connectivity index (χ0n) is 18.3. The van der Waals surface area contributed by atoms with E-state index in [4.69, 9.17) is 4.74 Å². The Balaban J connectivity index is 1.77. The lowest BCUT2D eigenvalue weighted by Crippen LogP contribution is -2.39. The van der Waals surface area contributed by atoms with Crippen LogP contribution in [0.2, 0.25) is 0 Å². The largest absolute Gasteiger partial charge is 0.497 e. The molecule has 0 aliphatic carbocycles. The molecular weight excluding hydrogens is 470 g/mol. The van der Waals surface area contributed by atoms with Gasteiger partial charge in [0.2, 0.25) is 11.8 Å². The van der Waals surface area contributed by atoms with E-state index >= 15 is 0 Å². The average molecular weight is 496 g/mol. The third-order valence-electron chi connectivity index (χ3n) is 5.00. The summed E-state index contributed by atoms with van der Waals surface area (Å²) in [4.78, 5) is 27.7. The lowest BCUT2D eigenvalue weighted by Gasteiger charge is -2.27. The second-order valence-corrected chi connectivity index (χ2v) is 8.37. The average Bonchev–Trinajstić information content (AvgIpc) is 2.76. The molecule has 0 aliphatic heterocycles. The van der Waals surface area contributed by atoms with Crippen molar-refractivity contribution in [1.82, 2.24) is 4.90 Å². The Morgan fingerprint density at radius 1 is 1.00 bits per heavy atom. The molecule has 0 spiro atoms. The molecular formula is C25H26BrN3O3. The molecule has 32 heavy (non-hydrogen) atoms. The van der Waals surface area contributed by atoms with Crippen LogP contribution < -0.4 is 15.4 Å². The molecule has 6 nitrogen and oxygen atoms in total. The Kier molecular flexibility index (Phi) is 8.03. The van der Waals surface area contributed by atoms with Crippen LogP contribution in [0, 0.1) is 6.92 Å². The topological polar surface area (TPSA) is 70.7 Å². The molecule has 2 amide bonds. The minimum absolute atomic E-state index is 0.0423. The fourth-order valence-corrected chi connectivity index (χ4v) is 3.90. The Morgan fingerprint density at radius 3 is 2.44 bits per heavy atom. The van der Waals surface area contributed by atoms with E-state index in [1.165, 1.54) is 0 Å². The van der Waals surface area contributed by atoms with Crippen molar-refractivity contribution in [2.24, 2.45) is 0 Å². The van der Waals surface area contributed by atoms with Crippen molar-refractivity contribution in [3.05, 3.63) is 88.4 Å². The van der Waals surface area contributed by atoms with Gasteiger partial charge in [0.1, 0.15) is 11.8 Å². The van der Waals surface area contributed by atoms with E-state index in [0.29, 0.717) is 11.4 Å². The van der Waals surface area contributed by atoms with Gasteiger partial charge in [0.15, 0.2) is 0 Å². The Morgan fingerprint density at radius 2 is 1.75 bits per heavy atom. The number of carbonyl (C=O) groups excluding carboxylic acids is 2. The molecule has 3 aromatic carbocycles. The Labute approximate surface area is 196 Å². The van der Waals surface area contributed by atoms with Gasteiger partial charge in [-0.05, 0) is 55.4 Å². The van der Waals surface area contributed by atoms with E-state index < -0.39 is 6.04 Å². The quantitative estimate of drug-likeness (QED) is 0.460. The van der Waals surface area contributed by atoms with E-state index in [9.17, 15) is 9.59 Å². The molecule has 1 atom stereocenters. The van der Waals surface area contributed by atoms with Crippen molar-refractivity contribution < 1.29 is 14.3 Å². The van der Waals surface area contributed by atoms with Crippen LogP contribution in [0.1, 0.15) is 17.2 Å². The summed E-state index contributed by atoms with van der Waals surface area (Å²) in [6.45, 7) is 1.97. The van der Waals surface area contributed by atoms with Crippen LogP contribution in [-0.4, -0.2) is 37.4 Å². The lowest BCUT2D eigenvalue weighted by atomic mass is 10.0. The van der Waals surface area contributed by atoms with Crippen LogP contribution in [0.4, 0.5) is 11.4 Å². The molecule has 0 saturated carbocycles. The van der Waals surface area contributed by atoms with Crippen molar-refractivity contribution >= 4 is 39.1 Å². The summed E-state index contributed by atoms with van der Waals surface area (Å²) >= 11 is 3.43. The fourth-order valence-electron chi connectivity index (χ4n) is 3.43. The van der Waals surface area contributed by atoms with Gasteiger partial charge in [0, 0.05) is 21.9 Å². The van der Waals surface area contributed by atoms with Crippen LogP contribution in [0.5, 0.6) is 5.75 Å². The minimum Gasteiger partial charge on any atom is -0.497 e. The number of nitrogens with one attached hydrogen (secondary N) is 2. The third-order valence-corrected chi connectivity index (χ3v) is 5.49. The number of likely N-dealkylation sites (N-methyl/N-ethyl adjacent to an activating group) is 1. The van der Waals surface area contributed by atoms with E-state index in [2.05, 4.69) is 26.6 Å². The molecule has 0 heterocycles. The molecule has 3 rings (SSSR count). The maximum Gasteiger partial charge on any atom is 0.246 e. The van der Waals surface area contributed by atoms with Gasteiger partial charge in [-0.1, -0.05) is 52.3 Å². The van der Waals surface area contributed by atoms with Crippen LogP contribution in [0.3, 0.4) is 0 Å². The van der Waals surface area contributed by atoms with Gasteiger partial charge in [-0.3, -0.25) is 14.5 Å². The second-order valence-electron chi connectivity index (χ2n) is 7.46. The molecule has 2 N–H and O–H groups in total. The minimum atomic E-state index is -0.654. The summed E-state index contributed by atoms with van der Waals surface area (Å²) in [7, 11) is 3.34. The molecule has 0 fully saturated rings. The number of hydrogen-bond acceptors (Lipinski definition) is 4. The number of anilines is 2.